The Labute approximate surface area is 121 Å². The zero-order valence-electron chi connectivity index (χ0n) is 8.78. The van der Waals surface area contributed by atoms with Crippen LogP contribution in [0.5, 0.6) is 0 Å². The van der Waals surface area contributed by atoms with E-state index in [9.17, 15) is 0 Å². The van der Waals surface area contributed by atoms with E-state index in [-0.39, 0.29) is 0 Å². The van der Waals surface area contributed by atoms with Crippen molar-refractivity contribution in [2.45, 2.75) is 0 Å². The molecule has 3 heteroatoms. The fourth-order valence-electron chi connectivity index (χ4n) is 1.77. The lowest BCUT2D eigenvalue weighted by Crippen LogP contribution is -1.70. The molecule has 0 atom stereocenters. The molecule has 0 N–H and O–H groups in total. The lowest BCUT2D eigenvalue weighted by Gasteiger charge is -1.96. The van der Waals surface area contributed by atoms with Gasteiger partial charge in [0.25, 0.3) is 0 Å². The van der Waals surface area contributed by atoms with E-state index >= 15 is 0 Å². The van der Waals surface area contributed by atoms with Crippen LogP contribution in [0.25, 0.3) is 20.5 Å². The molecule has 0 radical (unpaired) electrons. The minimum atomic E-state index is 1.12. The molecule has 0 fully saturated rings. The highest BCUT2D eigenvalue weighted by atomic mass is 79.9. The number of thiophene rings is 1. The van der Waals surface area contributed by atoms with Gasteiger partial charge in [-0.05, 0) is 47.3 Å². The van der Waals surface area contributed by atoms with Crippen molar-refractivity contribution < 1.29 is 0 Å². The van der Waals surface area contributed by atoms with Crippen LogP contribution < -0.4 is 0 Å². The predicted octanol–water partition coefficient (Wildman–Crippen LogP) is 6.09. The third kappa shape index (κ3) is 2.32. The molecule has 2 aromatic carbocycles. The molecule has 84 valence electrons. The van der Waals surface area contributed by atoms with E-state index in [2.05, 4.69) is 80.4 Å². The van der Waals surface area contributed by atoms with Crippen LogP contribution in [0.3, 0.4) is 0 Å². The van der Waals surface area contributed by atoms with Gasteiger partial charge < -0.3 is 0 Å². The van der Waals surface area contributed by atoms with E-state index in [4.69, 9.17) is 0 Å². The lowest BCUT2D eigenvalue weighted by atomic mass is 10.1. The fourth-order valence-corrected chi connectivity index (χ4v) is 3.46. The molecule has 0 nitrogen and oxygen atoms in total. The van der Waals surface area contributed by atoms with Crippen molar-refractivity contribution in [3.63, 3.8) is 0 Å². The highest BCUT2D eigenvalue weighted by molar-refractivity contribution is 9.10. The van der Waals surface area contributed by atoms with Crippen molar-refractivity contribution in [2.75, 3.05) is 0 Å². The molecule has 0 aliphatic carbocycles. The SMILES string of the molecule is Brc1ccc(-c2cc3cc(Br)ccc3s2)cc1. The first-order chi connectivity index (χ1) is 8.22. The minimum Gasteiger partial charge on any atom is -0.135 e. The molecule has 0 aliphatic rings. The quantitative estimate of drug-likeness (QED) is 0.487. The molecule has 0 amide bonds. The summed E-state index contributed by atoms with van der Waals surface area (Å²) in [5.41, 5.74) is 1.27. The van der Waals surface area contributed by atoms with Gasteiger partial charge in [0.15, 0.2) is 0 Å². The average Bonchev–Trinajstić information content (AvgIpc) is 2.72. The Hall–Kier alpha value is -0.640. The van der Waals surface area contributed by atoms with Gasteiger partial charge in [-0.3, -0.25) is 0 Å². The number of halogens is 2. The molecule has 17 heavy (non-hydrogen) atoms. The molecule has 0 saturated heterocycles. The van der Waals surface area contributed by atoms with E-state index < -0.39 is 0 Å². The molecule has 0 aliphatic heterocycles. The highest BCUT2D eigenvalue weighted by Crippen LogP contribution is 2.35. The second-order valence-electron chi connectivity index (χ2n) is 3.80. The van der Waals surface area contributed by atoms with Gasteiger partial charge in [-0.1, -0.05) is 44.0 Å². The molecule has 0 unspecified atom stereocenters. The summed E-state index contributed by atoms with van der Waals surface area (Å²) in [6.07, 6.45) is 0. The zero-order valence-corrected chi connectivity index (χ0v) is 12.8. The number of fused-ring (bicyclic) bond motifs is 1. The van der Waals surface area contributed by atoms with Crippen LogP contribution in [-0.4, -0.2) is 0 Å². The smallest absolute Gasteiger partial charge is 0.0355 e. The van der Waals surface area contributed by atoms with Gasteiger partial charge in [0.05, 0.1) is 0 Å². The number of hydrogen-bond acceptors (Lipinski definition) is 1. The Bertz CT molecular complexity index is 668. The highest BCUT2D eigenvalue weighted by Gasteiger charge is 2.04. The Morgan fingerprint density at radius 3 is 2.24 bits per heavy atom. The van der Waals surface area contributed by atoms with Crippen LogP contribution >= 0.6 is 43.2 Å². The molecular formula is C14H8Br2S. The average molecular weight is 368 g/mol. The maximum Gasteiger partial charge on any atom is 0.0355 e. The Morgan fingerprint density at radius 2 is 1.47 bits per heavy atom. The fraction of sp³-hybridized carbons (Fsp3) is 0. The van der Waals surface area contributed by atoms with E-state index in [0.717, 1.165) is 8.95 Å². The Kier molecular flexibility index (Phi) is 3.07. The predicted molar refractivity (Wildman–Crippen MR) is 82.7 cm³/mol. The first kappa shape index (κ1) is 11.5. The topological polar surface area (TPSA) is 0 Å². The van der Waals surface area contributed by atoms with E-state index in [1.807, 2.05) is 11.3 Å². The first-order valence-electron chi connectivity index (χ1n) is 5.17. The van der Waals surface area contributed by atoms with E-state index in [1.54, 1.807) is 0 Å². The molecule has 0 saturated carbocycles. The summed E-state index contributed by atoms with van der Waals surface area (Å²) in [6, 6.07) is 17.1. The summed E-state index contributed by atoms with van der Waals surface area (Å²) >= 11 is 8.79. The zero-order chi connectivity index (χ0) is 11.8. The maximum atomic E-state index is 3.51. The lowest BCUT2D eigenvalue weighted by molar-refractivity contribution is 1.65. The van der Waals surface area contributed by atoms with Gasteiger partial charge in [0, 0.05) is 18.5 Å². The van der Waals surface area contributed by atoms with Crippen molar-refractivity contribution in [3.8, 4) is 10.4 Å². The summed E-state index contributed by atoms with van der Waals surface area (Å²) in [5.74, 6) is 0. The van der Waals surface area contributed by atoms with Crippen LogP contribution in [0, 0.1) is 0 Å². The van der Waals surface area contributed by atoms with Crippen LogP contribution in [0.4, 0.5) is 0 Å². The van der Waals surface area contributed by atoms with Gasteiger partial charge in [0.1, 0.15) is 0 Å². The minimum absolute atomic E-state index is 1.12. The van der Waals surface area contributed by atoms with Gasteiger partial charge in [-0.25, -0.2) is 0 Å². The summed E-state index contributed by atoms with van der Waals surface area (Å²) in [5, 5.41) is 1.29. The third-order valence-electron chi connectivity index (χ3n) is 2.61. The molecule has 1 aromatic heterocycles. The van der Waals surface area contributed by atoms with Crippen molar-refractivity contribution in [1.29, 1.82) is 0 Å². The normalized spacial score (nSPS) is 10.9. The third-order valence-corrected chi connectivity index (χ3v) is 4.79. The number of rotatable bonds is 1. The van der Waals surface area contributed by atoms with Crippen LogP contribution in [-0.2, 0) is 0 Å². The standard InChI is InChI=1S/C14H8Br2S/c15-11-3-1-9(2-4-11)14-8-10-7-12(16)5-6-13(10)17-14/h1-8H. The molecule has 0 bridgehead atoms. The Morgan fingerprint density at radius 1 is 0.765 bits per heavy atom. The van der Waals surface area contributed by atoms with Crippen LogP contribution in [0.15, 0.2) is 57.5 Å². The van der Waals surface area contributed by atoms with E-state index in [1.165, 1.54) is 20.5 Å². The monoisotopic (exact) mass is 366 g/mol. The van der Waals surface area contributed by atoms with Gasteiger partial charge in [-0.2, -0.15) is 0 Å². The summed E-state index contributed by atoms with van der Waals surface area (Å²) < 4.78 is 3.57. The largest absolute Gasteiger partial charge is 0.135 e. The molecule has 1 heterocycles. The second kappa shape index (κ2) is 4.56. The van der Waals surface area contributed by atoms with Gasteiger partial charge in [0.2, 0.25) is 0 Å². The van der Waals surface area contributed by atoms with Crippen molar-refractivity contribution >= 4 is 53.3 Å². The van der Waals surface area contributed by atoms with Crippen LogP contribution in [0.2, 0.25) is 0 Å². The summed E-state index contributed by atoms with van der Waals surface area (Å²) in [4.78, 5) is 1.31. The molecular weight excluding hydrogens is 360 g/mol. The van der Waals surface area contributed by atoms with Crippen molar-refractivity contribution in [1.82, 2.24) is 0 Å². The summed E-state index contributed by atoms with van der Waals surface area (Å²) in [7, 11) is 0. The van der Waals surface area contributed by atoms with Crippen LogP contribution in [0.1, 0.15) is 0 Å². The molecule has 3 rings (SSSR count). The maximum absolute atomic E-state index is 3.51. The summed E-state index contributed by atoms with van der Waals surface area (Å²) in [6.45, 7) is 0. The van der Waals surface area contributed by atoms with Gasteiger partial charge in [-0.15, -0.1) is 11.3 Å². The second-order valence-corrected chi connectivity index (χ2v) is 6.71. The number of hydrogen-bond donors (Lipinski definition) is 0. The van der Waals surface area contributed by atoms with Crippen molar-refractivity contribution in [3.05, 3.63) is 57.5 Å². The molecule has 3 aromatic rings. The molecule has 0 spiro atoms. The Balaban J connectivity index is 2.14. The van der Waals surface area contributed by atoms with Crippen molar-refractivity contribution in [2.24, 2.45) is 0 Å². The van der Waals surface area contributed by atoms with E-state index in [0.29, 0.717) is 0 Å². The first-order valence-corrected chi connectivity index (χ1v) is 7.58. The number of benzene rings is 2. The van der Waals surface area contributed by atoms with Gasteiger partial charge >= 0.3 is 0 Å².